The molecule has 5 heteroatoms. The van der Waals surface area contributed by atoms with Crippen molar-refractivity contribution < 1.29 is 9.47 Å². The fraction of sp³-hybridized carbons (Fsp3) is 1.00. The number of rotatable bonds is 12. The second-order valence-corrected chi connectivity index (χ2v) is 4.56. The molecule has 0 atom stereocenters. The van der Waals surface area contributed by atoms with Gasteiger partial charge in [0.1, 0.15) is 0 Å². The Morgan fingerprint density at radius 1 is 0.765 bits per heavy atom. The fourth-order valence-corrected chi connectivity index (χ4v) is 1.14. The molecule has 0 amide bonds. The van der Waals surface area contributed by atoms with Crippen molar-refractivity contribution in [1.82, 2.24) is 16.2 Å². The Labute approximate surface area is 106 Å². The maximum absolute atomic E-state index is 5.41. The molecule has 0 saturated heterocycles. The molecule has 17 heavy (non-hydrogen) atoms. The van der Waals surface area contributed by atoms with Gasteiger partial charge in [0, 0.05) is 25.2 Å². The van der Waals surface area contributed by atoms with Crippen LogP contribution in [0.25, 0.3) is 0 Å². The predicted molar refractivity (Wildman–Crippen MR) is 71.1 cm³/mol. The smallest absolute Gasteiger partial charge is 0.0701 e. The number of ether oxygens (including phenoxy) is 2. The summed E-state index contributed by atoms with van der Waals surface area (Å²) in [7, 11) is 0. The number of hydrogen-bond acceptors (Lipinski definition) is 5. The van der Waals surface area contributed by atoms with Crippen molar-refractivity contribution in [2.75, 3.05) is 39.5 Å². The highest BCUT2D eigenvalue weighted by Gasteiger charge is 1.93. The summed E-state index contributed by atoms with van der Waals surface area (Å²) in [6.07, 6.45) is 0. The van der Waals surface area contributed by atoms with Gasteiger partial charge in [-0.25, -0.2) is 0 Å². The fourth-order valence-electron chi connectivity index (χ4n) is 1.14. The van der Waals surface area contributed by atoms with Crippen molar-refractivity contribution in [1.29, 1.82) is 0 Å². The van der Waals surface area contributed by atoms with Gasteiger partial charge >= 0.3 is 0 Å². The topological polar surface area (TPSA) is 54.5 Å². The molecule has 0 saturated carbocycles. The quantitative estimate of drug-likeness (QED) is 0.347. The lowest BCUT2D eigenvalue weighted by Gasteiger charge is -2.10. The van der Waals surface area contributed by atoms with E-state index in [4.69, 9.17) is 9.47 Å². The molecule has 0 aliphatic heterocycles. The molecule has 0 aliphatic rings. The van der Waals surface area contributed by atoms with Gasteiger partial charge in [-0.3, -0.25) is 10.9 Å². The molecule has 3 N–H and O–H groups in total. The molecule has 0 radical (unpaired) electrons. The van der Waals surface area contributed by atoms with Crippen LogP contribution in [-0.4, -0.2) is 51.6 Å². The summed E-state index contributed by atoms with van der Waals surface area (Å²) in [4.78, 5) is 0. The second-order valence-electron chi connectivity index (χ2n) is 4.56. The molecule has 0 fully saturated rings. The van der Waals surface area contributed by atoms with E-state index in [9.17, 15) is 0 Å². The average molecular weight is 247 g/mol. The monoisotopic (exact) mass is 247 g/mol. The predicted octanol–water partition coefficient (Wildman–Crippen LogP) is 0.520. The third kappa shape index (κ3) is 15.8. The Morgan fingerprint density at radius 2 is 1.35 bits per heavy atom. The summed E-state index contributed by atoms with van der Waals surface area (Å²) >= 11 is 0. The van der Waals surface area contributed by atoms with E-state index in [0.29, 0.717) is 31.9 Å². The zero-order valence-corrected chi connectivity index (χ0v) is 11.7. The van der Waals surface area contributed by atoms with Gasteiger partial charge in [0.05, 0.1) is 26.4 Å². The van der Waals surface area contributed by atoms with Crippen molar-refractivity contribution in [3.8, 4) is 0 Å². The summed E-state index contributed by atoms with van der Waals surface area (Å²) in [6, 6.07) is 0.973. The van der Waals surface area contributed by atoms with Crippen LogP contribution in [0, 0.1) is 0 Å². The van der Waals surface area contributed by atoms with E-state index in [1.807, 2.05) is 0 Å². The Morgan fingerprint density at radius 3 is 1.88 bits per heavy atom. The molecule has 0 spiro atoms. The van der Waals surface area contributed by atoms with Crippen LogP contribution in [0.4, 0.5) is 0 Å². The molecule has 5 nitrogen and oxygen atoms in total. The normalized spacial score (nSPS) is 11.6. The molecule has 0 aromatic carbocycles. The zero-order valence-electron chi connectivity index (χ0n) is 11.7. The molecule has 0 aromatic rings. The summed E-state index contributed by atoms with van der Waals surface area (Å²) < 4.78 is 10.8. The van der Waals surface area contributed by atoms with E-state index < -0.39 is 0 Å². The van der Waals surface area contributed by atoms with E-state index in [2.05, 4.69) is 43.9 Å². The highest BCUT2D eigenvalue weighted by Crippen LogP contribution is 1.80. The lowest BCUT2D eigenvalue weighted by atomic mass is 10.4. The van der Waals surface area contributed by atoms with E-state index in [1.54, 1.807) is 0 Å². The number of hydrogen-bond donors (Lipinski definition) is 3. The summed E-state index contributed by atoms with van der Waals surface area (Å²) in [5.74, 6) is 0. The molecule has 104 valence electrons. The van der Waals surface area contributed by atoms with E-state index >= 15 is 0 Å². The molecule has 0 unspecified atom stereocenters. The second kappa shape index (κ2) is 12.3. The zero-order chi connectivity index (χ0) is 12.9. The third-order valence-corrected chi connectivity index (χ3v) is 1.93. The van der Waals surface area contributed by atoms with Crippen molar-refractivity contribution in [3.63, 3.8) is 0 Å². The van der Waals surface area contributed by atoms with Crippen LogP contribution in [0.15, 0.2) is 0 Å². The van der Waals surface area contributed by atoms with Gasteiger partial charge in [0.15, 0.2) is 0 Å². The van der Waals surface area contributed by atoms with Crippen molar-refractivity contribution in [3.05, 3.63) is 0 Å². The first-order valence-electron chi connectivity index (χ1n) is 6.50. The minimum Gasteiger partial charge on any atom is -0.378 e. The van der Waals surface area contributed by atoms with Crippen LogP contribution < -0.4 is 16.2 Å². The van der Waals surface area contributed by atoms with Crippen LogP contribution in [-0.2, 0) is 9.47 Å². The Kier molecular flexibility index (Phi) is 12.1. The van der Waals surface area contributed by atoms with Crippen molar-refractivity contribution in [2.24, 2.45) is 0 Å². The van der Waals surface area contributed by atoms with Gasteiger partial charge in [-0.05, 0) is 13.8 Å². The first kappa shape index (κ1) is 16.8. The summed E-state index contributed by atoms with van der Waals surface area (Å²) in [6.45, 7) is 12.9. The number of nitrogens with one attached hydrogen (secondary N) is 3. The first-order chi connectivity index (χ1) is 8.13. The van der Waals surface area contributed by atoms with Crippen LogP contribution in [0.5, 0.6) is 0 Å². The van der Waals surface area contributed by atoms with E-state index in [0.717, 1.165) is 19.7 Å². The molecule has 0 heterocycles. The highest BCUT2D eigenvalue weighted by atomic mass is 16.5. The molecule has 0 aromatic heterocycles. The summed E-state index contributed by atoms with van der Waals surface area (Å²) in [5, 5.41) is 3.29. The Bertz CT molecular complexity index is 139. The van der Waals surface area contributed by atoms with E-state index in [1.165, 1.54) is 0 Å². The van der Waals surface area contributed by atoms with Crippen LogP contribution >= 0.6 is 0 Å². The van der Waals surface area contributed by atoms with E-state index in [-0.39, 0.29) is 0 Å². The van der Waals surface area contributed by atoms with Gasteiger partial charge in [0.2, 0.25) is 0 Å². The molecule has 0 rings (SSSR count). The highest BCUT2D eigenvalue weighted by molar-refractivity contribution is 4.51. The summed E-state index contributed by atoms with van der Waals surface area (Å²) in [5.41, 5.74) is 6.19. The lowest BCUT2D eigenvalue weighted by Crippen LogP contribution is -2.39. The SMILES string of the molecule is CC(C)NCCOCCOCCNNC(C)C. The molecular formula is C12H29N3O2. The Hall–Kier alpha value is -0.200. The largest absolute Gasteiger partial charge is 0.378 e. The van der Waals surface area contributed by atoms with Crippen LogP contribution in [0.1, 0.15) is 27.7 Å². The standard InChI is InChI=1S/C12H29N3O2/c1-11(2)13-5-7-16-9-10-17-8-6-14-15-12(3)4/h11-15H,5-10H2,1-4H3. The van der Waals surface area contributed by atoms with Crippen molar-refractivity contribution in [2.45, 2.75) is 39.8 Å². The minimum atomic E-state index is 0.451. The van der Waals surface area contributed by atoms with Crippen LogP contribution in [0.2, 0.25) is 0 Å². The van der Waals surface area contributed by atoms with Gasteiger partial charge < -0.3 is 14.8 Å². The maximum atomic E-state index is 5.41. The van der Waals surface area contributed by atoms with Gasteiger partial charge in [-0.15, -0.1) is 0 Å². The third-order valence-electron chi connectivity index (χ3n) is 1.93. The van der Waals surface area contributed by atoms with Crippen molar-refractivity contribution >= 4 is 0 Å². The number of hydrazine groups is 1. The molecule has 0 aliphatic carbocycles. The average Bonchev–Trinajstić information content (AvgIpc) is 2.25. The molecular weight excluding hydrogens is 218 g/mol. The lowest BCUT2D eigenvalue weighted by molar-refractivity contribution is 0.0485. The molecule has 0 bridgehead atoms. The van der Waals surface area contributed by atoms with Gasteiger partial charge in [-0.2, -0.15) is 0 Å². The van der Waals surface area contributed by atoms with Gasteiger partial charge in [-0.1, -0.05) is 13.8 Å². The van der Waals surface area contributed by atoms with Crippen LogP contribution in [0.3, 0.4) is 0 Å². The first-order valence-corrected chi connectivity index (χ1v) is 6.50. The maximum Gasteiger partial charge on any atom is 0.0701 e. The Balaban J connectivity index is 2.94. The minimum absolute atomic E-state index is 0.451. The van der Waals surface area contributed by atoms with Gasteiger partial charge in [0.25, 0.3) is 0 Å².